The summed E-state index contributed by atoms with van der Waals surface area (Å²) in [6, 6.07) is 0. The Balaban J connectivity index is 1.80. The Morgan fingerprint density at radius 1 is 1.19 bits per heavy atom. The number of aromatic nitrogens is 1. The minimum absolute atomic E-state index is 0.100. The van der Waals surface area contributed by atoms with E-state index in [0.29, 0.717) is 35.9 Å². The lowest BCUT2D eigenvalue weighted by Gasteiger charge is -2.36. The van der Waals surface area contributed by atoms with Gasteiger partial charge in [-0.15, -0.1) is 0 Å². The Morgan fingerprint density at radius 2 is 1.94 bits per heavy atom. The van der Waals surface area contributed by atoms with Crippen molar-refractivity contribution in [2.24, 2.45) is 29.1 Å². The molecule has 0 N–H and O–H groups in total. The highest BCUT2D eigenvalue weighted by Gasteiger charge is 2.39. The minimum Gasteiger partial charge on any atom is -0.451 e. The molecule has 2 heterocycles. The van der Waals surface area contributed by atoms with Gasteiger partial charge < -0.3 is 9.15 Å². The van der Waals surface area contributed by atoms with Crippen molar-refractivity contribution in [2.45, 2.75) is 85.9 Å². The molecule has 176 valence electrons. The fourth-order valence-corrected chi connectivity index (χ4v) is 5.04. The Kier molecular flexibility index (Phi) is 8.03. The van der Waals surface area contributed by atoms with E-state index in [0.717, 1.165) is 37.8 Å². The molecule has 0 amide bonds. The molecule has 1 saturated heterocycles. The zero-order chi connectivity index (χ0) is 23.5. The van der Waals surface area contributed by atoms with Gasteiger partial charge >= 0.3 is 0 Å². The third-order valence-corrected chi connectivity index (χ3v) is 8.16. The lowest BCUT2D eigenvalue weighted by molar-refractivity contribution is 0.287. The van der Waals surface area contributed by atoms with E-state index in [1.54, 1.807) is 6.26 Å². The van der Waals surface area contributed by atoms with Crippen molar-refractivity contribution < 1.29 is 9.15 Å². The maximum absolute atomic E-state index is 6.07. The zero-order valence-electron chi connectivity index (χ0n) is 21.1. The molecule has 1 fully saturated rings. The normalized spacial score (nSPS) is 35.9. The topological polar surface area (TPSA) is 38.6 Å². The molecule has 1 aromatic rings. The van der Waals surface area contributed by atoms with Gasteiger partial charge in [0.05, 0.1) is 12.2 Å². The Hall–Kier alpha value is -1.87. The molecule has 3 nitrogen and oxygen atoms in total. The van der Waals surface area contributed by atoms with Gasteiger partial charge in [-0.25, -0.2) is 4.98 Å². The van der Waals surface area contributed by atoms with E-state index in [-0.39, 0.29) is 5.41 Å². The summed E-state index contributed by atoms with van der Waals surface area (Å²) in [5.74, 6) is 1.99. The molecule has 32 heavy (non-hydrogen) atoms. The van der Waals surface area contributed by atoms with Crippen LogP contribution in [0.4, 0.5) is 0 Å². The van der Waals surface area contributed by atoms with Gasteiger partial charge in [-0.05, 0) is 74.2 Å². The second-order valence-electron chi connectivity index (χ2n) is 11.0. The Labute approximate surface area is 195 Å². The summed E-state index contributed by atoms with van der Waals surface area (Å²) in [6.07, 6.45) is 15.9. The van der Waals surface area contributed by atoms with Crippen LogP contribution in [0.2, 0.25) is 0 Å². The van der Waals surface area contributed by atoms with Crippen molar-refractivity contribution in [3.63, 3.8) is 0 Å². The van der Waals surface area contributed by atoms with Gasteiger partial charge in [0.2, 0.25) is 0 Å². The van der Waals surface area contributed by atoms with Crippen molar-refractivity contribution in [1.29, 1.82) is 0 Å². The molecular weight excluding hydrogens is 394 g/mol. The lowest BCUT2D eigenvalue weighted by atomic mass is 9.69. The molecule has 0 bridgehead atoms. The quantitative estimate of drug-likeness (QED) is 0.347. The van der Waals surface area contributed by atoms with Gasteiger partial charge in [-0.3, -0.25) is 0 Å². The first-order valence-electron chi connectivity index (χ1n) is 12.3. The van der Waals surface area contributed by atoms with Crippen LogP contribution in [0.15, 0.2) is 59.1 Å². The SMILES string of the molecule is C=C1CCC(C)(C)C(=C)C(C)C(C)C(C)/C=C/CC2OC2CC(/C(C)=C/c2cocn2)C1. The summed E-state index contributed by atoms with van der Waals surface area (Å²) in [6.45, 7) is 23.0. The largest absolute Gasteiger partial charge is 0.451 e. The summed E-state index contributed by atoms with van der Waals surface area (Å²) in [5.41, 5.74) is 5.00. The average Bonchev–Trinajstić information content (AvgIpc) is 3.27. The summed E-state index contributed by atoms with van der Waals surface area (Å²) >= 11 is 0. The molecule has 0 aromatic carbocycles. The van der Waals surface area contributed by atoms with Crippen LogP contribution >= 0.6 is 0 Å². The van der Waals surface area contributed by atoms with Crippen LogP contribution in [-0.4, -0.2) is 17.2 Å². The molecule has 1 aromatic heterocycles. The summed E-state index contributed by atoms with van der Waals surface area (Å²) in [4.78, 5) is 4.28. The van der Waals surface area contributed by atoms with Crippen LogP contribution in [0, 0.1) is 29.1 Å². The number of ether oxygens (including phenoxy) is 1. The van der Waals surface area contributed by atoms with Gasteiger partial charge in [0.25, 0.3) is 0 Å². The van der Waals surface area contributed by atoms with Crippen molar-refractivity contribution in [3.8, 4) is 0 Å². The molecule has 0 radical (unpaired) electrons. The van der Waals surface area contributed by atoms with E-state index in [1.165, 1.54) is 23.1 Å². The Bertz CT molecular complexity index is 845. The first kappa shape index (κ1) is 24.8. The first-order chi connectivity index (χ1) is 15.1. The Morgan fingerprint density at radius 3 is 2.62 bits per heavy atom. The molecule has 3 rings (SSSR count). The molecule has 0 spiro atoms. The fraction of sp³-hybridized carbons (Fsp3) is 0.621. The number of hydrogen-bond acceptors (Lipinski definition) is 3. The number of hydrogen-bond donors (Lipinski definition) is 0. The molecule has 2 aliphatic rings. The predicted octanol–water partition coefficient (Wildman–Crippen LogP) is 8.03. The van der Waals surface area contributed by atoms with Gasteiger partial charge in [-0.2, -0.15) is 0 Å². The maximum Gasteiger partial charge on any atom is 0.181 e. The average molecular weight is 438 g/mol. The predicted molar refractivity (Wildman–Crippen MR) is 134 cm³/mol. The molecular formula is C29H43NO2. The van der Waals surface area contributed by atoms with Gasteiger partial charge in [0, 0.05) is 0 Å². The second kappa shape index (κ2) is 10.4. The summed E-state index contributed by atoms with van der Waals surface area (Å²) in [7, 11) is 0. The van der Waals surface area contributed by atoms with E-state index < -0.39 is 0 Å². The first-order valence-corrected chi connectivity index (χ1v) is 12.3. The third kappa shape index (κ3) is 6.34. The van der Waals surface area contributed by atoms with Crippen LogP contribution in [0.3, 0.4) is 0 Å². The lowest BCUT2D eigenvalue weighted by Crippen LogP contribution is -2.26. The molecule has 1 aliphatic heterocycles. The van der Waals surface area contributed by atoms with E-state index in [2.05, 4.69) is 77.9 Å². The highest BCUT2D eigenvalue weighted by molar-refractivity contribution is 5.47. The molecule has 6 unspecified atom stereocenters. The van der Waals surface area contributed by atoms with Crippen molar-refractivity contribution >= 4 is 6.08 Å². The van der Waals surface area contributed by atoms with Gasteiger partial charge in [0.1, 0.15) is 12.0 Å². The van der Waals surface area contributed by atoms with Gasteiger partial charge in [-0.1, -0.05) is 76.6 Å². The van der Waals surface area contributed by atoms with Crippen LogP contribution in [0.1, 0.15) is 79.3 Å². The fourth-order valence-electron chi connectivity index (χ4n) is 5.04. The standard InChI is InChI=1S/C29H43NO2/c1-19-12-13-29(7,8)24(6)23(5)22(4)20(2)10-9-11-27-28(32-27)16-25(14-19)21(3)15-26-17-31-18-30-26/h9-10,15,17-18,20,22-23,25,27-28H,1,6,11-14,16H2,2-5,7-8H3/b10-9+,21-15+. The second-order valence-corrected chi connectivity index (χ2v) is 11.0. The molecule has 0 saturated carbocycles. The van der Waals surface area contributed by atoms with Gasteiger partial charge in [0.15, 0.2) is 6.39 Å². The van der Waals surface area contributed by atoms with Crippen LogP contribution in [-0.2, 0) is 4.74 Å². The molecule has 1 aliphatic carbocycles. The van der Waals surface area contributed by atoms with Crippen molar-refractivity contribution in [1.82, 2.24) is 4.98 Å². The molecule has 3 heteroatoms. The van der Waals surface area contributed by atoms with E-state index in [4.69, 9.17) is 9.15 Å². The number of epoxide rings is 1. The third-order valence-electron chi connectivity index (χ3n) is 8.16. The monoisotopic (exact) mass is 437 g/mol. The van der Waals surface area contributed by atoms with Crippen LogP contribution in [0.5, 0.6) is 0 Å². The van der Waals surface area contributed by atoms with Crippen LogP contribution in [0.25, 0.3) is 6.08 Å². The van der Waals surface area contributed by atoms with E-state index >= 15 is 0 Å². The number of rotatable bonds is 2. The number of oxazole rings is 1. The smallest absolute Gasteiger partial charge is 0.181 e. The number of allylic oxidation sites excluding steroid dienone is 4. The van der Waals surface area contributed by atoms with E-state index in [9.17, 15) is 0 Å². The number of nitrogens with zero attached hydrogens (tertiary/aromatic N) is 1. The highest BCUT2D eigenvalue weighted by atomic mass is 16.6. The highest BCUT2D eigenvalue weighted by Crippen LogP contribution is 2.42. The number of fused-ring (bicyclic) bond motifs is 1. The maximum atomic E-state index is 6.07. The van der Waals surface area contributed by atoms with Crippen molar-refractivity contribution in [2.75, 3.05) is 0 Å². The van der Waals surface area contributed by atoms with E-state index in [1.807, 2.05) is 0 Å². The van der Waals surface area contributed by atoms with Crippen molar-refractivity contribution in [3.05, 3.63) is 60.4 Å². The van der Waals surface area contributed by atoms with Crippen LogP contribution < -0.4 is 0 Å². The summed E-state index contributed by atoms with van der Waals surface area (Å²) in [5, 5.41) is 0. The minimum atomic E-state index is 0.100. The summed E-state index contributed by atoms with van der Waals surface area (Å²) < 4.78 is 11.2. The molecule has 6 atom stereocenters. The zero-order valence-corrected chi connectivity index (χ0v) is 21.1.